The number of para-hydroxylation sites is 1. The maximum atomic E-state index is 11.4. The molecule has 1 amide bonds. The number of carbonyl (C=O) groups is 1. The fraction of sp³-hybridized carbons (Fsp3) is 0.0667. The van der Waals surface area contributed by atoms with Crippen LogP contribution in [0.3, 0.4) is 0 Å². The molecule has 0 spiro atoms. The first-order valence-corrected chi connectivity index (χ1v) is 6.37. The van der Waals surface area contributed by atoms with Crippen molar-refractivity contribution in [1.82, 2.24) is 0 Å². The zero-order chi connectivity index (χ0) is 14.7. The Bertz CT molecular complexity index is 683. The van der Waals surface area contributed by atoms with E-state index in [1.54, 1.807) is 30.3 Å². The monoisotopic (exact) mass is 286 g/mol. The van der Waals surface area contributed by atoms with Crippen LogP contribution in [0.1, 0.15) is 21.5 Å². The van der Waals surface area contributed by atoms with Gasteiger partial charge < -0.3 is 16.2 Å². The topological polar surface area (TPSA) is 78.3 Å². The first-order chi connectivity index (χ1) is 9.49. The molecule has 0 bridgehead atoms. The minimum absolute atomic E-state index is 0.233. The van der Waals surface area contributed by atoms with Crippen LogP contribution in [-0.2, 0) is 0 Å². The van der Waals surface area contributed by atoms with Gasteiger partial charge >= 0.3 is 0 Å². The van der Waals surface area contributed by atoms with Gasteiger partial charge in [0.25, 0.3) is 5.91 Å². The summed E-state index contributed by atoms with van der Waals surface area (Å²) in [4.78, 5) is 11.6. The van der Waals surface area contributed by atoms with Gasteiger partial charge in [0.15, 0.2) is 0 Å². The summed E-state index contributed by atoms with van der Waals surface area (Å²) in [5.74, 6) is 0.333. The summed E-state index contributed by atoms with van der Waals surface area (Å²) in [5.41, 5.74) is 12.9. The van der Waals surface area contributed by atoms with Crippen molar-refractivity contribution in [2.45, 2.75) is 6.92 Å². The quantitative estimate of drug-likeness (QED) is 0.847. The predicted octanol–water partition coefficient (Wildman–Crippen LogP) is 2.52. The number of thiocarbonyl (C=S) groups is 1. The van der Waals surface area contributed by atoms with Crippen LogP contribution in [-0.4, -0.2) is 10.9 Å². The van der Waals surface area contributed by atoms with Crippen molar-refractivity contribution in [1.29, 1.82) is 0 Å². The molecule has 5 heteroatoms. The van der Waals surface area contributed by atoms with Crippen molar-refractivity contribution in [3.63, 3.8) is 0 Å². The lowest BCUT2D eigenvalue weighted by Crippen LogP contribution is -2.13. The number of amides is 1. The summed E-state index contributed by atoms with van der Waals surface area (Å²) in [6.07, 6.45) is 0. The summed E-state index contributed by atoms with van der Waals surface area (Å²) in [7, 11) is 0. The average Bonchev–Trinajstić information content (AvgIpc) is 2.38. The van der Waals surface area contributed by atoms with E-state index in [2.05, 4.69) is 0 Å². The highest BCUT2D eigenvalue weighted by molar-refractivity contribution is 7.80. The molecule has 0 unspecified atom stereocenters. The van der Waals surface area contributed by atoms with Crippen LogP contribution in [0.15, 0.2) is 42.5 Å². The van der Waals surface area contributed by atoms with Crippen molar-refractivity contribution < 1.29 is 9.53 Å². The van der Waals surface area contributed by atoms with Crippen LogP contribution in [0, 0.1) is 6.92 Å². The molecule has 102 valence electrons. The molecule has 2 aromatic rings. The van der Waals surface area contributed by atoms with E-state index in [0.717, 1.165) is 5.56 Å². The van der Waals surface area contributed by atoms with Crippen LogP contribution in [0.25, 0.3) is 0 Å². The fourth-order valence-electron chi connectivity index (χ4n) is 1.80. The predicted molar refractivity (Wildman–Crippen MR) is 82.1 cm³/mol. The average molecular weight is 286 g/mol. The Morgan fingerprint density at radius 3 is 2.40 bits per heavy atom. The van der Waals surface area contributed by atoms with Crippen LogP contribution in [0.5, 0.6) is 11.5 Å². The number of carbonyl (C=O) groups excluding carboxylic acids is 1. The number of benzene rings is 2. The van der Waals surface area contributed by atoms with Crippen molar-refractivity contribution in [3.05, 3.63) is 59.2 Å². The Labute approximate surface area is 122 Å². The normalized spacial score (nSPS) is 10.1. The van der Waals surface area contributed by atoms with Crippen molar-refractivity contribution in [3.8, 4) is 11.5 Å². The van der Waals surface area contributed by atoms with Crippen molar-refractivity contribution in [2.75, 3.05) is 0 Å². The van der Waals surface area contributed by atoms with Crippen LogP contribution < -0.4 is 16.2 Å². The second kappa shape index (κ2) is 5.71. The van der Waals surface area contributed by atoms with E-state index in [1.165, 1.54) is 0 Å². The second-order valence-electron chi connectivity index (χ2n) is 4.33. The van der Waals surface area contributed by atoms with Crippen LogP contribution in [0.2, 0.25) is 0 Å². The SMILES string of the molecule is Cc1ccc(C(N)=S)c(Oc2ccccc2C(N)=O)c1. The molecule has 0 aliphatic carbocycles. The maximum absolute atomic E-state index is 11.4. The van der Waals surface area contributed by atoms with E-state index in [0.29, 0.717) is 22.6 Å². The molecule has 0 atom stereocenters. The molecule has 0 saturated carbocycles. The fourth-order valence-corrected chi connectivity index (χ4v) is 1.96. The highest BCUT2D eigenvalue weighted by Gasteiger charge is 2.12. The molecule has 0 radical (unpaired) electrons. The molecule has 2 rings (SSSR count). The van der Waals surface area contributed by atoms with Crippen LogP contribution >= 0.6 is 12.2 Å². The Morgan fingerprint density at radius 2 is 1.75 bits per heavy atom. The molecule has 2 aromatic carbocycles. The Kier molecular flexibility index (Phi) is 4.00. The van der Waals surface area contributed by atoms with Crippen molar-refractivity contribution in [2.24, 2.45) is 11.5 Å². The molecule has 20 heavy (non-hydrogen) atoms. The summed E-state index contributed by atoms with van der Waals surface area (Å²) in [5, 5.41) is 0. The van der Waals surface area contributed by atoms with Gasteiger partial charge in [-0.15, -0.1) is 0 Å². The number of rotatable bonds is 4. The smallest absolute Gasteiger partial charge is 0.252 e. The Balaban J connectivity index is 2.47. The molecule has 0 saturated heterocycles. The van der Waals surface area contributed by atoms with Gasteiger partial charge in [-0.2, -0.15) is 0 Å². The first-order valence-electron chi connectivity index (χ1n) is 5.96. The summed E-state index contributed by atoms with van der Waals surface area (Å²) in [6.45, 7) is 1.93. The molecule has 4 N–H and O–H groups in total. The third-order valence-corrected chi connectivity index (χ3v) is 2.99. The highest BCUT2D eigenvalue weighted by atomic mass is 32.1. The number of hydrogen-bond donors (Lipinski definition) is 2. The zero-order valence-electron chi connectivity index (χ0n) is 10.9. The van der Waals surface area contributed by atoms with Crippen LogP contribution in [0.4, 0.5) is 0 Å². The summed E-state index contributed by atoms with van der Waals surface area (Å²) < 4.78 is 5.78. The third-order valence-electron chi connectivity index (χ3n) is 2.78. The lowest BCUT2D eigenvalue weighted by molar-refractivity contribution is 0.0998. The number of nitrogens with two attached hydrogens (primary N) is 2. The molecule has 4 nitrogen and oxygen atoms in total. The Hall–Kier alpha value is -2.40. The summed E-state index contributed by atoms with van der Waals surface area (Å²) in [6, 6.07) is 12.3. The van der Waals surface area contributed by atoms with E-state index in [4.69, 9.17) is 28.4 Å². The molecule has 0 fully saturated rings. The van der Waals surface area contributed by atoms with Gasteiger partial charge in [-0.1, -0.05) is 30.4 Å². The standard InChI is InChI=1S/C15H14N2O2S/c1-9-6-7-11(15(17)20)13(8-9)19-12-5-3-2-4-10(12)14(16)18/h2-8H,1H3,(H2,16,18)(H2,17,20). The molecular formula is C15H14N2O2S. The van der Waals surface area contributed by atoms with Gasteiger partial charge in [0.1, 0.15) is 16.5 Å². The molecule has 0 aliphatic rings. The van der Waals surface area contributed by atoms with Gasteiger partial charge in [-0.25, -0.2) is 0 Å². The zero-order valence-corrected chi connectivity index (χ0v) is 11.7. The lowest BCUT2D eigenvalue weighted by Gasteiger charge is -2.13. The largest absolute Gasteiger partial charge is 0.456 e. The molecular weight excluding hydrogens is 272 g/mol. The van der Waals surface area contributed by atoms with Crippen molar-refractivity contribution >= 4 is 23.1 Å². The maximum Gasteiger partial charge on any atom is 0.252 e. The van der Waals surface area contributed by atoms with Gasteiger partial charge in [-0.3, -0.25) is 4.79 Å². The number of primary amides is 1. The van der Waals surface area contributed by atoms with Gasteiger partial charge in [-0.05, 0) is 36.8 Å². The number of aryl methyl sites for hydroxylation is 1. The van der Waals surface area contributed by atoms with E-state index < -0.39 is 5.91 Å². The minimum atomic E-state index is -0.551. The number of hydrogen-bond acceptors (Lipinski definition) is 3. The third kappa shape index (κ3) is 2.95. The van der Waals surface area contributed by atoms with E-state index in [1.807, 2.05) is 19.1 Å². The Morgan fingerprint density at radius 1 is 1.05 bits per heavy atom. The second-order valence-corrected chi connectivity index (χ2v) is 4.77. The van der Waals surface area contributed by atoms with Gasteiger partial charge in [0, 0.05) is 0 Å². The molecule has 0 aromatic heterocycles. The lowest BCUT2D eigenvalue weighted by atomic mass is 10.1. The van der Waals surface area contributed by atoms with E-state index in [-0.39, 0.29) is 4.99 Å². The van der Waals surface area contributed by atoms with Gasteiger partial charge in [0.2, 0.25) is 0 Å². The first kappa shape index (κ1) is 14.0. The number of ether oxygens (including phenoxy) is 1. The molecule has 0 aliphatic heterocycles. The van der Waals surface area contributed by atoms with E-state index in [9.17, 15) is 4.79 Å². The van der Waals surface area contributed by atoms with Gasteiger partial charge in [0.05, 0.1) is 11.1 Å². The highest BCUT2D eigenvalue weighted by Crippen LogP contribution is 2.29. The molecule has 0 heterocycles. The van der Waals surface area contributed by atoms with E-state index >= 15 is 0 Å². The minimum Gasteiger partial charge on any atom is -0.456 e. The summed E-state index contributed by atoms with van der Waals surface area (Å²) >= 11 is 5.00.